The molecule has 0 bridgehead atoms. The number of rotatable bonds is 3. The van der Waals surface area contributed by atoms with Gasteiger partial charge in [0.1, 0.15) is 5.75 Å². The Hall–Kier alpha value is -0.910. The van der Waals surface area contributed by atoms with Crippen LogP contribution in [-0.4, -0.2) is 4.98 Å². The fraction of sp³-hybridized carbons (Fsp3) is 0.154. The second kappa shape index (κ2) is 5.82. The van der Waals surface area contributed by atoms with Gasteiger partial charge in [0.05, 0.1) is 5.69 Å². The largest absolute Gasteiger partial charge is 0.439 e. The van der Waals surface area contributed by atoms with E-state index < -0.39 is 0 Å². The minimum absolute atomic E-state index is 0.421. The highest BCUT2D eigenvalue weighted by Crippen LogP contribution is 2.28. The normalized spacial score (nSPS) is 10.4. The van der Waals surface area contributed by atoms with Gasteiger partial charge >= 0.3 is 0 Å². The van der Waals surface area contributed by atoms with Gasteiger partial charge in [-0.1, -0.05) is 15.9 Å². The summed E-state index contributed by atoms with van der Waals surface area (Å²) in [5.74, 6) is 1.29. The van der Waals surface area contributed by atoms with Crippen LogP contribution in [0.2, 0.25) is 0 Å². The van der Waals surface area contributed by atoms with Crippen LogP contribution >= 0.6 is 31.9 Å². The van der Waals surface area contributed by atoms with Gasteiger partial charge in [0.25, 0.3) is 0 Å². The number of nitrogens with zero attached hydrogens (tertiary/aromatic N) is 1. The van der Waals surface area contributed by atoms with Crippen LogP contribution in [0.25, 0.3) is 0 Å². The summed E-state index contributed by atoms with van der Waals surface area (Å²) < 4.78 is 7.70. The van der Waals surface area contributed by atoms with E-state index in [-0.39, 0.29) is 0 Å². The summed E-state index contributed by atoms with van der Waals surface area (Å²) in [4.78, 5) is 4.34. The third-order valence-electron chi connectivity index (χ3n) is 2.45. The first-order valence-corrected chi connectivity index (χ1v) is 6.98. The lowest BCUT2D eigenvalue weighted by Gasteiger charge is -2.10. The number of hydrogen-bond acceptors (Lipinski definition) is 3. The van der Waals surface area contributed by atoms with Crippen molar-refractivity contribution in [1.29, 1.82) is 0 Å². The van der Waals surface area contributed by atoms with E-state index in [2.05, 4.69) is 36.8 Å². The summed E-state index contributed by atoms with van der Waals surface area (Å²) in [7, 11) is 0. The predicted molar refractivity (Wildman–Crippen MR) is 78.8 cm³/mol. The van der Waals surface area contributed by atoms with E-state index in [1.165, 1.54) is 0 Å². The Morgan fingerprint density at radius 1 is 1.22 bits per heavy atom. The molecule has 94 valence electrons. The van der Waals surface area contributed by atoms with Crippen molar-refractivity contribution in [2.45, 2.75) is 13.5 Å². The van der Waals surface area contributed by atoms with E-state index in [1.54, 1.807) is 0 Å². The molecule has 0 fully saturated rings. The minimum atomic E-state index is 0.421. The topological polar surface area (TPSA) is 48.1 Å². The molecule has 0 saturated carbocycles. The van der Waals surface area contributed by atoms with Crippen molar-refractivity contribution < 1.29 is 4.74 Å². The van der Waals surface area contributed by atoms with E-state index in [4.69, 9.17) is 10.5 Å². The number of halogens is 2. The molecular weight excluding hydrogens is 360 g/mol. The van der Waals surface area contributed by atoms with E-state index >= 15 is 0 Å². The van der Waals surface area contributed by atoms with Gasteiger partial charge in [0.15, 0.2) is 0 Å². The molecule has 1 aromatic carbocycles. The number of aromatic nitrogens is 1. The molecule has 5 heteroatoms. The Bertz CT molecular complexity index is 573. The van der Waals surface area contributed by atoms with E-state index in [1.807, 2.05) is 37.3 Å². The van der Waals surface area contributed by atoms with Crippen LogP contribution < -0.4 is 10.5 Å². The molecule has 18 heavy (non-hydrogen) atoms. The van der Waals surface area contributed by atoms with Crippen molar-refractivity contribution in [3.8, 4) is 11.6 Å². The Kier molecular flexibility index (Phi) is 4.37. The van der Waals surface area contributed by atoms with Gasteiger partial charge in [0, 0.05) is 27.1 Å². The first-order valence-electron chi connectivity index (χ1n) is 5.39. The highest BCUT2D eigenvalue weighted by atomic mass is 79.9. The van der Waals surface area contributed by atoms with Gasteiger partial charge in [-0.3, -0.25) is 0 Å². The van der Waals surface area contributed by atoms with Crippen LogP contribution in [0.3, 0.4) is 0 Å². The van der Waals surface area contributed by atoms with Gasteiger partial charge in [-0.05, 0) is 47.1 Å². The van der Waals surface area contributed by atoms with Crippen LogP contribution in [-0.2, 0) is 6.54 Å². The summed E-state index contributed by atoms with van der Waals surface area (Å²) in [6.45, 7) is 2.34. The molecule has 3 nitrogen and oxygen atoms in total. The first-order chi connectivity index (χ1) is 8.60. The lowest BCUT2D eigenvalue weighted by Crippen LogP contribution is -2.00. The van der Waals surface area contributed by atoms with Crippen molar-refractivity contribution >= 4 is 31.9 Å². The van der Waals surface area contributed by atoms with E-state index in [0.717, 1.165) is 26.0 Å². The summed E-state index contributed by atoms with van der Waals surface area (Å²) in [6, 6.07) is 9.48. The van der Waals surface area contributed by atoms with Crippen molar-refractivity contribution in [1.82, 2.24) is 4.98 Å². The molecule has 0 saturated heterocycles. The average molecular weight is 372 g/mol. The molecule has 1 aromatic heterocycles. The fourth-order valence-electron chi connectivity index (χ4n) is 1.50. The zero-order chi connectivity index (χ0) is 13.1. The van der Waals surface area contributed by atoms with Crippen molar-refractivity contribution in [2.24, 2.45) is 5.73 Å². The second-order valence-corrected chi connectivity index (χ2v) is 5.54. The monoisotopic (exact) mass is 370 g/mol. The van der Waals surface area contributed by atoms with Crippen LogP contribution in [0.5, 0.6) is 11.6 Å². The Labute approximate surface area is 123 Å². The molecule has 2 rings (SSSR count). The summed E-state index contributed by atoms with van der Waals surface area (Å²) in [5, 5.41) is 0. The summed E-state index contributed by atoms with van der Waals surface area (Å²) in [5.41, 5.74) is 7.52. The third-order valence-corrected chi connectivity index (χ3v) is 3.78. The van der Waals surface area contributed by atoms with Crippen LogP contribution in [0, 0.1) is 6.92 Å². The molecule has 0 spiro atoms. The van der Waals surface area contributed by atoms with Crippen LogP contribution in [0.15, 0.2) is 39.3 Å². The number of nitrogens with two attached hydrogens (primary N) is 1. The lowest BCUT2D eigenvalue weighted by atomic mass is 10.2. The molecule has 0 aliphatic heterocycles. The molecule has 0 atom stereocenters. The molecular formula is C13H12Br2N2O. The van der Waals surface area contributed by atoms with E-state index in [9.17, 15) is 0 Å². The number of benzene rings is 1. The highest BCUT2D eigenvalue weighted by Gasteiger charge is 2.06. The van der Waals surface area contributed by atoms with Crippen LogP contribution in [0.4, 0.5) is 0 Å². The van der Waals surface area contributed by atoms with Crippen molar-refractivity contribution in [2.75, 3.05) is 0 Å². The maximum absolute atomic E-state index is 5.76. The maximum atomic E-state index is 5.76. The number of ether oxygens (including phenoxy) is 1. The summed E-state index contributed by atoms with van der Waals surface area (Å²) >= 11 is 6.82. The number of aryl methyl sites for hydroxylation is 1. The smallest absolute Gasteiger partial charge is 0.219 e. The van der Waals surface area contributed by atoms with Gasteiger partial charge in [-0.15, -0.1) is 0 Å². The third kappa shape index (κ3) is 3.10. The number of pyridine rings is 1. The average Bonchev–Trinajstić information content (AvgIpc) is 2.36. The predicted octanol–water partition coefficient (Wildman–Crippen LogP) is 4.17. The van der Waals surface area contributed by atoms with Gasteiger partial charge < -0.3 is 10.5 Å². The molecule has 0 amide bonds. The van der Waals surface area contributed by atoms with Gasteiger partial charge in [0.2, 0.25) is 5.88 Å². The van der Waals surface area contributed by atoms with Crippen molar-refractivity contribution in [3.63, 3.8) is 0 Å². The van der Waals surface area contributed by atoms with Gasteiger partial charge in [-0.25, -0.2) is 4.98 Å². The molecule has 2 aromatic rings. The quantitative estimate of drug-likeness (QED) is 0.880. The molecule has 0 aliphatic carbocycles. The zero-order valence-corrected chi connectivity index (χ0v) is 13.0. The Morgan fingerprint density at radius 2 is 2.00 bits per heavy atom. The molecule has 0 radical (unpaired) electrons. The standard InChI is InChI=1S/C13H12Br2N2O/c1-8-11(15)3-5-13(17-8)18-12-4-2-10(14)6-9(12)7-16/h2-6H,7,16H2,1H3. The molecule has 0 aliphatic rings. The van der Waals surface area contributed by atoms with Crippen LogP contribution in [0.1, 0.15) is 11.3 Å². The molecule has 0 unspecified atom stereocenters. The number of hydrogen-bond donors (Lipinski definition) is 1. The molecule has 2 N–H and O–H groups in total. The zero-order valence-electron chi connectivity index (χ0n) is 9.78. The maximum Gasteiger partial charge on any atom is 0.219 e. The van der Waals surface area contributed by atoms with Crippen molar-refractivity contribution in [3.05, 3.63) is 50.5 Å². The minimum Gasteiger partial charge on any atom is -0.439 e. The molecule has 1 heterocycles. The van der Waals surface area contributed by atoms with Gasteiger partial charge in [-0.2, -0.15) is 0 Å². The first kappa shape index (κ1) is 13.5. The SMILES string of the molecule is Cc1nc(Oc2ccc(Br)cc2CN)ccc1Br. The highest BCUT2D eigenvalue weighted by molar-refractivity contribution is 9.10. The Morgan fingerprint density at radius 3 is 2.67 bits per heavy atom. The van der Waals surface area contributed by atoms with E-state index in [0.29, 0.717) is 12.4 Å². The lowest BCUT2D eigenvalue weighted by molar-refractivity contribution is 0.455. The second-order valence-electron chi connectivity index (χ2n) is 3.77. The fourth-order valence-corrected chi connectivity index (χ4v) is 2.13. The summed E-state index contributed by atoms with van der Waals surface area (Å²) in [6.07, 6.45) is 0. The Balaban J connectivity index is 2.30.